The van der Waals surface area contributed by atoms with Crippen LogP contribution in [0, 0.1) is 23.3 Å². The molecule has 1 heterocycles. The molecule has 0 atom stereocenters. The molecule has 0 saturated heterocycles. The molecule has 1 N–H and O–H groups in total. The third-order valence-corrected chi connectivity index (χ3v) is 5.89. The number of ether oxygens (including phenoxy) is 2. The summed E-state index contributed by atoms with van der Waals surface area (Å²) in [5.41, 5.74) is -0.268. The zero-order valence-electron chi connectivity index (χ0n) is 18.2. The summed E-state index contributed by atoms with van der Waals surface area (Å²) in [7, 11) is 0. The number of aromatic nitrogens is 1. The zero-order chi connectivity index (χ0) is 24.6. The van der Waals surface area contributed by atoms with Crippen molar-refractivity contribution in [1.29, 1.82) is 0 Å². The average molecular weight is 482 g/mol. The maximum Gasteiger partial charge on any atom is 0.413 e. The number of pyridine rings is 1. The molecule has 5 nitrogen and oxygen atoms in total. The number of nitrogens with zero attached hydrogens (tertiary/aromatic N) is 1. The van der Waals surface area contributed by atoms with Gasteiger partial charge in [-0.05, 0) is 60.9 Å². The van der Waals surface area contributed by atoms with E-state index in [0.717, 1.165) is 24.3 Å². The van der Waals surface area contributed by atoms with Gasteiger partial charge in [-0.15, -0.1) is 0 Å². The van der Waals surface area contributed by atoms with Gasteiger partial charge < -0.3 is 14.8 Å². The van der Waals surface area contributed by atoms with Crippen molar-refractivity contribution in [2.75, 3.05) is 0 Å². The summed E-state index contributed by atoms with van der Waals surface area (Å²) >= 11 is 0. The molecule has 3 aromatic carbocycles. The molecule has 1 amide bonds. The van der Waals surface area contributed by atoms with Crippen LogP contribution >= 0.6 is 0 Å². The van der Waals surface area contributed by atoms with Gasteiger partial charge in [-0.3, -0.25) is 4.98 Å². The molecule has 4 aromatic rings. The van der Waals surface area contributed by atoms with Gasteiger partial charge >= 0.3 is 6.09 Å². The van der Waals surface area contributed by atoms with Crippen LogP contribution in [0.5, 0.6) is 11.5 Å². The fraction of sp³-hybridized carbons (Fsp3) is 0.154. The summed E-state index contributed by atoms with van der Waals surface area (Å²) in [6.07, 6.45) is 1.73. The van der Waals surface area contributed by atoms with Gasteiger partial charge in [0.15, 0.2) is 11.6 Å². The molecule has 1 aliphatic carbocycles. The quantitative estimate of drug-likeness (QED) is 0.335. The average Bonchev–Trinajstić information content (AvgIpc) is 3.61. The second kappa shape index (κ2) is 8.90. The number of nitrogens with one attached hydrogen (secondary N) is 1. The van der Waals surface area contributed by atoms with Gasteiger partial charge in [0.2, 0.25) is 0 Å². The van der Waals surface area contributed by atoms with E-state index in [1.165, 1.54) is 24.4 Å². The summed E-state index contributed by atoms with van der Waals surface area (Å²) in [5, 5.41) is 3.17. The molecule has 5 rings (SSSR count). The number of hydrogen-bond donors (Lipinski definition) is 1. The number of rotatable bonds is 6. The Labute approximate surface area is 197 Å². The smallest absolute Gasteiger partial charge is 0.413 e. The molecule has 0 radical (unpaired) electrons. The van der Waals surface area contributed by atoms with E-state index in [0.29, 0.717) is 29.3 Å². The topological polar surface area (TPSA) is 60.5 Å². The van der Waals surface area contributed by atoms with Crippen LogP contribution in [-0.2, 0) is 12.1 Å². The molecule has 0 bridgehead atoms. The van der Waals surface area contributed by atoms with Crippen LogP contribution in [0.1, 0.15) is 24.0 Å². The summed E-state index contributed by atoms with van der Waals surface area (Å²) in [4.78, 5) is 16.9. The van der Waals surface area contributed by atoms with Gasteiger partial charge in [-0.2, -0.15) is 0 Å². The number of para-hydroxylation sites is 1. The standard InChI is InChI=1S/C26H18F4N2O3/c27-18-4-2-5-19(28)17(18)14-34-23-6-1-3-16-22(9-12-31-24(16)23)35-25(33)32-26(10-11-26)15-7-8-20(29)21(30)13-15/h1-9,12-13H,10-11,14H2,(H,32,33). The Morgan fingerprint density at radius 3 is 2.34 bits per heavy atom. The highest BCUT2D eigenvalue weighted by Gasteiger charge is 2.46. The van der Waals surface area contributed by atoms with E-state index >= 15 is 0 Å². The molecule has 0 unspecified atom stereocenters. The van der Waals surface area contributed by atoms with E-state index in [2.05, 4.69) is 10.3 Å². The minimum atomic E-state index is -0.994. The van der Waals surface area contributed by atoms with Crippen molar-refractivity contribution in [3.8, 4) is 11.5 Å². The number of halogens is 4. The first-order valence-corrected chi connectivity index (χ1v) is 10.8. The molecule has 35 heavy (non-hydrogen) atoms. The van der Waals surface area contributed by atoms with Gasteiger partial charge in [-0.1, -0.05) is 18.2 Å². The minimum Gasteiger partial charge on any atom is -0.486 e. The lowest BCUT2D eigenvalue weighted by molar-refractivity contribution is 0.195. The highest BCUT2D eigenvalue weighted by atomic mass is 19.2. The second-order valence-electron chi connectivity index (χ2n) is 8.18. The first-order chi connectivity index (χ1) is 16.9. The van der Waals surface area contributed by atoms with Crippen LogP contribution in [0.4, 0.5) is 22.4 Å². The van der Waals surface area contributed by atoms with Crippen molar-refractivity contribution in [2.24, 2.45) is 0 Å². The largest absolute Gasteiger partial charge is 0.486 e. The van der Waals surface area contributed by atoms with Crippen LogP contribution < -0.4 is 14.8 Å². The minimum absolute atomic E-state index is 0.177. The Kier molecular flexibility index (Phi) is 5.76. The normalized spacial score (nSPS) is 13.9. The van der Waals surface area contributed by atoms with Crippen molar-refractivity contribution in [3.63, 3.8) is 0 Å². The zero-order valence-corrected chi connectivity index (χ0v) is 18.2. The van der Waals surface area contributed by atoms with E-state index in [1.807, 2.05) is 0 Å². The Bertz CT molecular complexity index is 1420. The molecule has 1 aromatic heterocycles. The van der Waals surface area contributed by atoms with Gasteiger partial charge in [-0.25, -0.2) is 22.4 Å². The highest BCUT2D eigenvalue weighted by Crippen LogP contribution is 2.46. The maximum atomic E-state index is 13.9. The maximum absolute atomic E-state index is 13.9. The number of carbonyl (C=O) groups excluding carboxylic acids is 1. The monoisotopic (exact) mass is 482 g/mol. The highest BCUT2D eigenvalue weighted by molar-refractivity contribution is 5.91. The lowest BCUT2D eigenvalue weighted by Gasteiger charge is -2.18. The Hall–Kier alpha value is -4.14. The van der Waals surface area contributed by atoms with Crippen molar-refractivity contribution in [2.45, 2.75) is 25.0 Å². The molecule has 0 spiro atoms. The number of fused-ring (bicyclic) bond motifs is 1. The van der Waals surface area contributed by atoms with Crippen LogP contribution in [0.25, 0.3) is 10.9 Å². The van der Waals surface area contributed by atoms with Crippen molar-refractivity contribution in [3.05, 3.63) is 101 Å². The summed E-state index contributed by atoms with van der Waals surface area (Å²) in [6.45, 7) is -0.360. The molecule has 178 valence electrons. The predicted molar refractivity (Wildman–Crippen MR) is 119 cm³/mol. The first-order valence-electron chi connectivity index (χ1n) is 10.8. The van der Waals surface area contributed by atoms with Gasteiger partial charge in [0.05, 0.1) is 11.1 Å². The second-order valence-corrected chi connectivity index (χ2v) is 8.18. The first kappa shape index (κ1) is 22.6. The molecule has 1 aliphatic rings. The molecular formula is C26H18F4N2O3. The Morgan fingerprint density at radius 1 is 0.886 bits per heavy atom. The summed E-state index contributed by atoms with van der Waals surface area (Å²) < 4.78 is 66.0. The molecular weight excluding hydrogens is 464 g/mol. The van der Waals surface area contributed by atoms with Crippen molar-refractivity contribution >= 4 is 17.0 Å². The van der Waals surface area contributed by atoms with Gasteiger partial charge in [0.1, 0.15) is 35.3 Å². The molecule has 0 aliphatic heterocycles. The summed E-state index contributed by atoms with van der Waals surface area (Å²) in [5.74, 6) is -2.99. The number of amides is 1. The Balaban J connectivity index is 1.35. The van der Waals surface area contributed by atoms with E-state index < -0.39 is 34.9 Å². The fourth-order valence-electron chi connectivity index (χ4n) is 3.87. The third-order valence-electron chi connectivity index (χ3n) is 5.89. The lowest BCUT2D eigenvalue weighted by atomic mass is 10.0. The number of carbonyl (C=O) groups is 1. The lowest BCUT2D eigenvalue weighted by Crippen LogP contribution is -2.37. The van der Waals surface area contributed by atoms with Gasteiger partial charge in [0.25, 0.3) is 0 Å². The van der Waals surface area contributed by atoms with E-state index in [1.54, 1.807) is 18.2 Å². The SMILES string of the molecule is O=C(NC1(c2ccc(F)c(F)c2)CC1)Oc1ccnc2c(OCc3c(F)cccc3F)cccc12. The van der Waals surface area contributed by atoms with Crippen LogP contribution in [-0.4, -0.2) is 11.1 Å². The van der Waals surface area contributed by atoms with Gasteiger partial charge in [0, 0.05) is 11.6 Å². The predicted octanol–water partition coefficient (Wildman–Crippen LogP) is 6.15. The van der Waals surface area contributed by atoms with E-state index in [9.17, 15) is 22.4 Å². The summed E-state index contributed by atoms with van der Waals surface area (Å²) in [6, 6.07) is 13.4. The molecule has 9 heteroatoms. The van der Waals surface area contributed by atoms with E-state index in [4.69, 9.17) is 9.47 Å². The fourth-order valence-corrected chi connectivity index (χ4v) is 3.87. The third kappa shape index (κ3) is 4.49. The number of hydrogen-bond acceptors (Lipinski definition) is 4. The van der Waals surface area contributed by atoms with E-state index in [-0.39, 0.29) is 23.7 Å². The van der Waals surface area contributed by atoms with Crippen molar-refractivity contribution < 1.29 is 31.8 Å². The molecule has 1 saturated carbocycles. The van der Waals surface area contributed by atoms with Crippen LogP contribution in [0.2, 0.25) is 0 Å². The Morgan fingerprint density at radius 2 is 1.63 bits per heavy atom. The van der Waals surface area contributed by atoms with Crippen molar-refractivity contribution in [1.82, 2.24) is 10.3 Å². The van der Waals surface area contributed by atoms with Crippen LogP contribution in [0.3, 0.4) is 0 Å². The van der Waals surface area contributed by atoms with Crippen LogP contribution in [0.15, 0.2) is 66.9 Å². The number of benzene rings is 3. The molecule has 1 fully saturated rings.